The molecule has 0 aliphatic carbocycles. The van der Waals surface area contributed by atoms with Crippen LogP contribution in [0, 0.1) is 0 Å². The van der Waals surface area contributed by atoms with Crippen LogP contribution >= 0.6 is 11.6 Å². The van der Waals surface area contributed by atoms with Gasteiger partial charge in [0.25, 0.3) is 10.1 Å². The molecular formula is C15H19ClN6O6S2. The Morgan fingerprint density at radius 2 is 1.87 bits per heavy atom. The number of benzene rings is 1. The van der Waals surface area contributed by atoms with E-state index in [0.717, 1.165) is 11.5 Å². The van der Waals surface area contributed by atoms with E-state index in [1.807, 2.05) is 0 Å². The molecule has 1 aromatic heterocycles. The molecule has 0 aliphatic rings. The maximum Gasteiger partial charge on any atom is 0.296 e. The third-order valence-corrected chi connectivity index (χ3v) is 5.79. The highest BCUT2D eigenvalue weighted by molar-refractivity contribution is 7.94. The number of hydrogen-bond donors (Lipinski definition) is 4. The van der Waals surface area contributed by atoms with E-state index in [0.29, 0.717) is 5.69 Å². The number of nitrogens with zero attached hydrogens (tertiary/aromatic N) is 3. The van der Waals surface area contributed by atoms with Crippen molar-refractivity contribution in [2.24, 2.45) is 0 Å². The van der Waals surface area contributed by atoms with Crippen LogP contribution < -0.4 is 16.4 Å². The first kappa shape index (κ1) is 23.8. The second-order valence-electron chi connectivity index (χ2n) is 5.68. The highest BCUT2D eigenvalue weighted by Crippen LogP contribution is 2.24. The van der Waals surface area contributed by atoms with Crippen LogP contribution in [0.1, 0.15) is 0 Å². The number of sulfone groups is 1. The fourth-order valence-electron chi connectivity index (χ4n) is 2.07. The molecule has 0 saturated carbocycles. The molecule has 0 amide bonds. The van der Waals surface area contributed by atoms with Gasteiger partial charge in [-0.3, -0.25) is 4.55 Å². The minimum atomic E-state index is -4.44. The topological polar surface area (TPSA) is 186 Å². The summed E-state index contributed by atoms with van der Waals surface area (Å²) in [7, 11) is -7.75. The molecule has 164 valence electrons. The van der Waals surface area contributed by atoms with Crippen molar-refractivity contribution in [2.45, 2.75) is 4.90 Å². The standard InChI is InChI=1S/C15H19ClN6O6S2/c1-2-29(23,24)8-7-28-6-5-18-14-20-13(16)21-15(22-14)19-10-3-4-12(11(17)9-10)30(25,26)27/h2-4,9H,1,5-8,17H2,(H,25,26,27)(H2,18,19,20,21,22). The Balaban J connectivity index is 1.95. The van der Waals surface area contributed by atoms with Gasteiger partial charge in [0, 0.05) is 17.6 Å². The molecule has 2 aromatic rings. The maximum atomic E-state index is 11.3. The van der Waals surface area contributed by atoms with Crippen molar-refractivity contribution < 1.29 is 26.1 Å². The summed E-state index contributed by atoms with van der Waals surface area (Å²) in [5, 5.41) is 6.39. The summed E-state index contributed by atoms with van der Waals surface area (Å²) in [5.74, 6) is 0.0126. The van der Waals surface area contributed by atoms with Crippen molar-refractivity contribution in [3.63, 3.8) is 0 Å². The van der Waals surface area contributed by atoms with Crippen molar-refractivity contribution in [3.05, 3.63) is 35.5 Å². The number of hydrogen-bond acceptors (Lipinski definition) is 11. The molecule has 2 rings (SSSR count). The average Bonchev–Trinajstić information content (AvgIpc) is 2.63. The summed E-state index contributed by atoms with van der Waals surface area (Å²) in [6.45, 7) is 3.68. The summed E-state index contributed by atoms with van der Waals surface area (Å²) in [6.07, 6.45) is 0. The Morgan fingerprint density at radius 3 is 2.50 bits per heavy atom. The predicted molar refractivity (Wildman–Crippen MR) is 112 cm³/mol. The quantitative estimate of drug-likeness (QED) is 0.205. The second kappa shape index (κ2) is 9.99. The fraction of sp³-hybridized carbons (Fsp3) is 0.267. The molecule has 0 bridgehead atoms. The minimum absolute atomic E-state index is 0.0156. The normalized spacial score (nSPS) is 11.8. The number of nitrogen functional groups attached to an aromatic ring is 1. The lowest BCUT2D eigenvalue weighted by atomic mass is 10.3. The number of anilines is 4. The molecule has 5 N–H and O–H groups in total. The highest BCUT2D eigenvalue weighted by atomic mass is 35.5. The number of aromatic nitrogens is 3. The van der Waals surface area contributed by atoms with Gasteiger partial charge in [-0.25, -0.2) is 8.42 Å². The number of ether oxygens (including phenoxy) is 1. The van der Waals surface area contributed by atoms with Gasteiger partial charge in [-0.1, -0.05) is 6.58 Å². The number of nitrogens with two attached hydrogens (primary N) is 1. The van der Waals surface area contributed by atoms with E-state index in [4.69, 9.17) is 26.6 Å². The molecule has 0 aliphatic heterocycles. The zero-order valence-corrected chi connectivity index (χ0v) is 17.8. The van der Waals surface area contributed by atoms with E-state index >= 15 is 0 Å². The molecule has 30 heavy (non-hydrogen) atoms. The summed E-state index contributed by atoms with van der Waals surface area (Å²) in [4.78, 5) is 11.5. The van der Waals surface area contributed by atoms with Crippen LogP contribution in [0.5, 0.6) is 0 Å². The highest BCUT2D eigenvalue weighted by Gasteiger charge is 2.14. The van der Waals surface area contributed by atoms with Crippen LogP contribution in [-0.4, -0.2) is 61.9 Å². The zero-order chi connectivity index (χ0) is 22.4. The van der Waals surface area contributed by atoms with Crippen LogP contribution in [0.2, 0.25) is 5.28 Å². The van der Waals surface area contributed by atoms with Gasteiger partial charge in [0.05, 0.1) is 24.7 Å². The van der Waals surface area contributed by atoms with Crippen LogP contribution in [0.3, 0.4) is 0 Å². The molecule has 0 spiro atoms. The summed E-state index contributed by atoms with van der Waals surface area (Å²) in [5.41, 5.74) is 5.81. The molecule has 0 fully saturated rings. The maximum absolute atomic E-state index is 11.3. The van der Waals surface area contributed by atoms with Gasteiger partial charge >= 0.3 is 0 Å². The molecule has 0 unspecified atom stereocenters. The Kier molecular flexibility index (Phi) is 7.91. The van der Waals surface area contributed by atoms with E-state index in [9.17, 15) is 16.8 Å². The first-order valence-electron chi connectivity index (χ1n) is 8.22. The Labute approximate surface area is 178 Å². The van der Waals surface area contributed by atoms with Crippen molar-refractivity contribution >= 4 is 54.8 Å². The van der Waals surface area contributed by atoms with Crippen molar-refractivity contribution in [1.29, 1.82) is 0 Å². The Hall–Kier alpha value is -2.52. The first-order valence-corrected chi connectivity index (χ1v) is 11.8. The second-order valence-corrected chi connectivity index (χ2v) is 9.47. The number of rotatable bonds is 11. The molecule has 1 heterocycles. The lowest BCUT2D eigenvalue weighted by Gasteiger charge is -2.10. The van der Waals surface area contributed by atoms with Gasteiger partial charge in [0.2, 0.25) is 17.2 Å². The first-order chi connectivity index (χ1) is 14.0. The van der Waals surface area contributed by atoms with E-state index < -0.39 is 24.9 Å². The van der Waals surface area contributed by atoms with E-state index in [-0.39, 0.29) is 48.4 Å². The van der Waals surface area contributed by atoms with E-state index in [1.54, 1.807) is 0 Å². The van der Waals surface area contributed by atoms with Crippen molar-refractivity contribution in [1.82, 2.24) is 15.0 Å². The summed E-state index contributed by atoms with van der Waals surface area (Å²) < 4.78 is 59.2. The van der Waals surface area contributed by atoms with Crippen molar-refractivity contribution in [2.75, 3.05) is 41.9 Å². The van der Waals surface area contributed by atoms with E-state index in [1.165, 1.54) is 12.1 Å². The third kappa shape index (κ3) is 7.38. The third-order valence-electron chi connectivity index (χ3n) is 3.45. The summed E-state index contributed by atoms with van der Waals surface area (Å²) in [6, 6.07) is 3.76. The average molecular weight is 479 g/mol. The molecule has 1 aromatic carbocycles. The van der Waals surface area contributed by atoms with Gasteiger partial charge in [-0.2, -0.15) is 23.4 Å². The lowest BCUT2D eigenvalue weighted by Crippen LogP contribution is -2.16. The molecular weight excluding hydrogens is 460 g/mol. The van der Waals surface area contributed by atoms with Gasteiger partial charge < -0.3 is 21.1 Å². The molecule has 0 atom stereocenters. The van der Waals surface area contributed by atoms with Crippen molar-refractivity contribution in [3.8, 4) is 0 Å². The fourth-order valence-corrected chi connectivity index (χ4v) is 3.34. The van der Waals surface area contributed by atoms with Gasteiger partial charge in [-0.05, 0) is 29.8 Å². The largest absolute Gasteiger partial charge is 0.398 e. The van der Waals surface area contributed by atoms with Gasteiger partial charge in [-0.15, -0.1) is 0 Å². The monoisotopic (exact) mass is 478 g/mol. The van der Waals surface area contributed by atoms with Crippen LogP contribution in [0.4, 0.5) is 23.3 Å². The summed E-state index contributed by atoms with van der Waals surface area (Å²) >= 11 is 5.87. The molecule has 15 heteroatoms. The SMILES string of the molecule is C=CS(=O)(=O)CCOCCNc1nc(Cl)nc(Nc2ccc(S(=O)(=O)O)c(N)c2)n1. The van der Waals surface area contributed by atoms with Crippen LogP contribution in [-0.2, 0) is 24.7 Å². The van der Waals surface area contributed by atoms with Crippen LogP contribution in [0.25, 0.3) is 0 Å². The van der Waals surface area contributed by atoms with E-state index in [2.05, 4.69) is 32.2 Å². The molecule has 0 radical (unpaired) electrons. The minimum Gasteiger partial charge on any atom is -0.398 e. The molecule has 12 nitrogen and oxygen atoms in total. The molecule has 0 saturated heterocycles. The van der Waals surface area contributed by atoms with Gasteiger partial charge in [0.1, 0.15) is 4.90 Å². The number of halogens is 1. The smallest absolute Gasteiger partial charge is 0.296 e. The number of nitrogens with one attached hydrogen (secondary N) is 2. The van der Waals surface area contributed by atoms with Gasteiger partial charge in [0.15, 0.2) is 9.84 Å². The Morgan fingerprint density at radius 1 is 1.17 bits per heavy atom. The lowest BCUT2D eigenvalue weighted by molar-refractivity contribution is 0.159. The Bertz CT molecular complexity index is 1130. The predicted octanol–water partition coefficient (Wildman–Crippen LogP) is 1.08. The van der Waals surface area contributed by atoms with Crippen LogP contribution in [0.15, 0.2) is 35.1 Å². The zero-order valence-electron chi connectivity index (χ0n) is 15.4.